The van der Waals surface area contributed by atoms with Crippen LogP contribution in [0.4, 0.5) is 5.95 Å². The predicted octanol–water partition coefficient (Wildman–Crippen LogP) is 2.76. The summed E-state index contributed by atoms with van der Waals surface area (Å²) in [4.78, 5) is 11.0. The molecule has 1 heterocycles. The Morgan fingerprint density at radius 1 is 1.47 bits per heavy atom. The maximum absolute atomic E-state index is 5.77. The first-order valence-electron chi connectivity index (χ1n) is 5.25. The van der Waals surface area contributed by atoms with E-state index in [1.54, 1.807) is 0 Å². The van der Waals surface area contributed by atoms with Crippen LogP contribution < -0.4 is 4.90 Å². The Morgan fingerprint density at radius 2 is 2.13 bits per heavy atom. The fraction of sp³-hybridized carbons (Fsp3) is 0.636. The van der Waals surface area contributed by atoms with E-state index in [4.69, 9.17) is 11.6 Å². The summed E-state index contributed by atoms with van der Waals surface area (Å²) in [5.41, 5.74) is 1.97. The predicted molar refractivity (Wildman–Crippen MR) is 64.5 cm³/mol. The molecule has 0 unspecified atom stereocenters. The number of aromatic nitrogens is 2. The average molecular weight is 228 g/mol. The molecule has 84 valence electrons. The number of anilines is 1. The number of hydrogen-bond acceptors (Lipinski definition) is 3. The lowest BCUT2D eigenvalue weighted by Gasteiger charge is -2.25. The SMILES string of the molecule is CCN(c1ncc(CCl)c(C)n1)C(C)C. The summed E-state index contributed by atoms with van der Waals surface area (Å²) < 4.78 is 0. The first kappa shape index (κ1) is 12.2. The molecule has 1 rings (SSSR count). The van der Waals surface area contributed by atoms with Gasteiger partial charge in [-0.15, -0.1) is 11.6 Å². The molecule has 0 aromatic carbocycles. The largest absolute Gasteiger partial charge is 0.339 e. The van der Waals surface area contributed by atoms with Crippen LogP contribution >= 0.6 is 11.6 Å². The van der Waals surface area contributed by atoms with E-state index in [0.29, 0.717) is 11.9 Å². The van der Waals surface area contributed by atoms with E-state index in [1.807, 2.05) is 13.1 Å². The van der Waals surface area contributed by atoms with Crippen molar-refractivity contribution in [1.29, 1.82) is 0 Å². The number of halogens is 1. The molecule has 0 fully saturated rings. The highest BCUT2D eigenvalue weighted by Gasteiger charge is 2.12. The van der Waals surface area contributed by atoms with Gasteiger partial charge in [0.25, 0.3) is 0 Å². The molecule has 0 spiro atoms. The third-order valence-electron chi connectivity index (χ3n) is 2.43. The van der Waals surface area contributed by atoms with E-state index in [9.17, 15) is 0 Å². The molecule has 0 aliphatic carbocycles. The van der Waals surface area contributed by atoms with Gasteiger partial charge < -0.3 is 4.90 Å². The molecule has 0 aliphatic heterocycles. The van der Waals surface area contributed by atoms with Gasteiger partial charge in [0.05, 0.1) is 5.88 Å². The van der Waals surface area contributed by atoms with E-state index in [0.717, 1.165) is 23.8 Å². The summed E-state index contributed by atoms with van der Waals surface area (Å²) in [5.74, 6) is 1.26. The maximum Gasteiger partial charge on any atom is 0.225 e. The summed E-state index contributed by atoms with van der Waals surface area (Å²) in [5, 5.41) is 0. The molecule has 1 aromatic heterocycles. The summed E-state index contributed by atoms with van der Waals surface area (Å²) >= 11 is 5.77. The fourth-order valence-electron chi connectivity index (χ4n) is 1.49. The number of rotatable bonds is 4. The Bertz CT molecular complexity index is 326. The molecule has 15 heavy (non-hydrogen) atoms. The molecular formula is C11H18ClN3. The average Bonchev–Trinajstić information content (AvgIpc) is 2.18. The smallest absolute Gasteiger partial charge is 0.225 e. The summed E-state index contributed by atoms with van der Waals surface area (Å²) in [7, 11) is 0. The van der Waals surface area contributed by atoms with Crippen molar-refractivity contribution in [1.82, 2.24) is 9.97 Å². The third kappa shape index (κ3) is 2.81. The van der Waals surface area contributed by atoms with Gasteiger partial charge in [-0.25, -0.2) is 9.97 Å². The Hall–Kier alpha value is -0.830. The molecule has 0 N–H and O–H groups in total. The molecule has 3 nitrogen and oxygen atoms in total. The lowest BCUT2D eigenvalue weighted by molar-refractivity contribution is 0.678. The van der Waals surface area contributed by atoms with Crippen LogP contribution in [0.5, 0.6) is 0 Å². The van der Waals surface area contributed by atoms with Gasteiger partial charge in [-0.05, 0) is 27.7 Å². The standard InChI is InChI=1S/C11H18ClN3/c1-5-15(8(2)3)11-13-7-10(6-12)9(4)14-11/h7-8H,5-6H2,1-4H3. The van der Waals surface area contributed by atoms with Crippen LogP contribution in [0.25, 0.3) is 0 Å². The summed E-state index contributed by atoms with van der Waals surface area (Å²) in [6.07, 6.45) is 1.82. The number of alkyl halides is 1. The van der Waals surface area contributed by atoms with Gasteiger partial charge in [0.15, 0.2) is 0 Å². The number of hydrogen-bond donors (Lipinski definition) is 0. The van der Waals surface area contributed by atoms with Crippen LogP contribution in [0.3, 0.4) is 0 Å². The highest BCUT2D eigenvalue weighted by molar-refractivity contribution is 6.17. The normalized spacial score (nSPS) is 10.8. The number of nitrogens with zero attached hydrogens (tertiary/aromatic N) is 3. The van der Waals surface area contributed by atoms with Gasteiger partial charge in [0, 0.05) is 30.0 Å². The summed E-state index contributed by atoms with van der Waals surface area (Å²) in [6, 6.07) is 0.413. The minimum atomic E-state index is 0.413. The summed E-state index contributed by atoms with van der Waals surface area (Å²) in [6.45, 7) is 9.26. The zero-order valence-corrected chi connectivity index (χ0v) is 10.5. The second kappa shape index (κ2) is 5.31. The van der Waals surface area contributed by atoms with E-state index in [-0.39, 0.29) is 0 Å². The van der Waals surface area contributed by atoms with Crippen molar-refractivity contribution in [3.8, 4) is 0 Å². The Balaban J connectivity index is 3.00. The molecular weight excluding hydrogens is 210 g/mol. The first-order chi connectivity index (χ1) is 7.10. The van der Waals surface area contributed by atoms with Crippen LogP contribution in [-0.4, -0.2) is 22.6 Å². The molecule has 0 saturated heterocycles. The minimum Gasteiger partial charge on any atom is -0.339 e. The lowest BCUT2D eigenvalue weighted by Crippen LogP contribution is -2.32. The van der Waals surface area contributed by atoms with Crippen molar-refractivity contribution in [3.05, 3.63) is 17.5 Å². The Labute approximate surface area is 96.5 Å². The zero-order chi connectivity index (χ0) is 11.4. The van der Waals surface area contributed by atoms with Crippen LogP contribution in [0.2, 0.25) is 0 Å². The van der Waals surface area contributed by atoms with Crippen LogP contribution in [0.15, 0.2) is 6.20 Å². The highest BCUT2D eigenvalue weighted by atomic mass is 35.5. The van der Waals surface area contributed by atoms with Crippen LogP contribution in [0, 0.1) is 6.92 Å². The van der Waals surface area contributed by atoms with Gasteiger partial charge in [-0.2, -0.15) is 0 Å². The Kier molecular flexibility index (Phi) is 4.33. The lowest BCUT2D eigenvalue weighted by atomic mass is 10.3. The van der Waals surface area contributed by atoms with Crippen LogP contribution in [-0.2, 0) is 5.88 Å². The van der Waals surface area contributed by atoms with Crippen molar-refractivity contribution >= 4 is 17.5 Å². The molecule has 1 aromatic rings. The van der Waals surface area contributed by atoms with E-state index in [2.05, 4.69) is 35.6 Å². The molecule has 4 heteroatoms. The topological polar surface area (TPSA) is 29.0 Å². The monoisotopic (exact) mass is 227 g/mol. The molecule has 0 bridgehead atoms. The minimum absolute atomic E-state index is 0.413. The molecule has 0 amide bonds. The highest BCUT2D eigenvalue weighted by Crippen LogP contribution is 2.14. The van der Waals surface area contributed by atoms with Crippen molar-refractivity contribution in [2.75, 3.05) is 11.4 Å². The second-order valence-corrected chi connectivity index (χ2v) is 4.06. The van der Waals surface area contributed by atoms with Gasteiger partial charge >= 0.3 is 0 Å². The van der Waals surface area contributed by atoms with Gasteiger partial charge in [-0.1, -0.05) is 0 Å². The quantitative estimate of drug-likeness (QED) is 0.741. The fourth-order valence-corrected chi connectivity index (χ4v) is 1.75. The Morgan fingerprint density at radius 3 is 2.53 bits per heavy atom. The molecule has 0 aliphatic rings. The van der Waals surface area contributed by atoms with Crippen molar-refractivity contribution < 1.29 is 0 Å². The molecule has 0 saturated carbocycles. The van der Waals surface area contributed by atoms with Gasteiger partial charge in [0.1, 0.15) is 0 Å². The molecule has 0 atom stereocenters. The van der Waals surface area contributed by atoms with Gasteiger partial charge in [-0.3, -0.25) is 0 Å². The van der Waals surface area contributed by atoms with Crippen molar-refractivity contribution in [2.45, 2.75) is 39.6 Å². The third-order valence-corrected chi connectivity index (χ3v) is 2.72. The maximum atomic E-state index is 5.77. The van der Waals surface area contributed by atoms with Crippen molar-refractivity contribution in [2.24, 2.45) is 0 Å². The van der Waals surface area contributed by atoms with Crippen LogP contribution in [0.1, 0.15) is 32.0 Å². The molecule has 0 radical (unpaired) electrons. The second-order valence-electron chi connectivity index (χ2n) is 3.79. The van der Waals surface area contributed by atoms with E-state index in [1.165, 1.54) is 0 Å². The van der Waals surface area contributed by atoms with Gasteiger partial charge in [0.2, 0.25) is 5.95 Å². The van der Waals surface area contributed by atoms with E-state index >= 15 is 0 Å². The number of aryl methyl sites for hydroxylation is 1. The van der Waals surface area contributed by atoms with Crippen molar-refractivity contribution in [3.63, 3.8) is 0 Å². The first-order valence-corrected chi connectivity index (χ1v) is 5.78. The zero-order valence-electron chi connectivity index (χ0n) is 9.79. The van der Waals surface area contributed by atoms with E-state index < -0.39 is 0 Å².